The molecule has 2 aromatic carbocycles. The highest BCUT2D eigenvalue weighted by Crippen LogP contribution is 2.33. The zero-order valence-electron chi connectivity index (χ0n) is 20.8. The summed E-state index contributed by atoms with van der Waals surface area (Å²) in [6.07, 6.45) is 0.602. The molecule has 2 atom stereocenters. The number of halogens is 1. The van der Waals surface area contributed by atoms with Crippen LogP contribution >= 0.6 is 22.6 Å². The Morgan fingerprint density at radius 2 is 1.95 bits per heavy atom. The molecule has 1 aliphatic heterocycles. The molecule has 2 heterocycles. The second kappa shape index (κ2) is 11.0. The number of fused-ring (bicyclic) bond motifs is 1. The Morgan fingerprint density at radius 3 is 2.65 bits per heavy atom. The normalized spacial score (nSPS) is 16.8. The number of rotatable bonds is 4. The van der Waals surface area contributed by atoms with Gasteiger partial charge < -0.3 is 19.5 Å². The first-order chi connectivity index (χ1) is 17.5. The number of piperidine rings is 1. The van der Waals surface area contributed by atoms with Gasteiger partial charge in [0.25, 0.3) is 0 Å². The Bertz CT molecular complexity index is 1320. The van der Waals surface area contributed by atoms with E-state index in [4.69, 9.17) is 9.47 Å². The van der Waals surface area contributed by atoms with Gasteiger partial charge in [-0.1, -0.05) is 12.1 Å². The number of hydrogen-bond donors (Lipinski definition) is 2. The average Bonchev–Trinajstić information content (AvgIpc) is 3.25. The zero-order chi connectivity index (χ0) is 26.7. The van der Waals surface area contributed by atoms with E-state index in [0.29, 0.717) is 29.6 Å². The lowest BCUT2D eigenvalue weighted by Gasteiger charge is -2.38. The van der Waals surface area contributed by atoms with Crippen LogP contribution in [0.4, 0.5) is 20.1 Å². The Hall–Kier alpha value is -3.35. The fourth-order valence-corrected chi connectivity index (χ4v) is 4.95. The van der Waals surface area contributed by atoms with Gasteiger partial charge >= 0.3 is 18.3 Å². The minimum atomic E-state index is -1.03. The van der Waals surface area contributed by atoms with Crippen LogP contribution < -0.4 is 5.32 Å². The first-order valence-electron chi connectivity index (χ1n) is 12.0. The van der Waals surface area contributed by atoms with Gasteiger partial charge in [0.2, 0.25) is 0 Å². The van der Waals surface area contributed by atoms with Gasteiger partial charge in [0, 0.05) is 21.2 Å². The first kappa shape index (κ1) is 26.7. The predicted molar refractivity (Wildman–Crippen MR) is 146 cm³/mol. The third-order valence-corrected chi connectivity index (χ3v) is 6.61. The highest BCUT2D eigenvalue weighted by atomic mass is 127. The van der Waals surface area contributed by atoms with Crippen molar-refractivity contribution in [3.05, 3.63) is 57.8 Å². The van der Waals surface area contributed by atoms with Crippen LogP contribution in [0.3, 0.4) is 0 Å². The molecule has 2 amide bonds. The smallest absolute Gasteiger partial charge is 0.435 e. The second-order valence-corrected chi connectivity index (χ2v) is 11.1. The van der Waals surface area contributed by atoms with Crippen LogP contribution in [0, 0.1) is 3.57 Å². The number of carbonyl (C=O) groups is 3. The maximum Gasteiger partial charge on any atom is 0.435 e. The number of carbonyl (C=O) groups excluding carboxylic acids is 2. The molecule has 0 radical (unpaired) electrons. The molecule has 0 aliphatic carbocycles. The zero-order valence-corrected chi connectivity index (χ0v) is 23.0. The Balaban J connectivity index is 1.54. The lowest BCUT2D eigenvalue weighted by molar-refractivity contribution is 0.0178. The maximum atomic E-state index is 13.0. The molecule has 196 valence electrons. The van der Waals surface area contributed by atoms with Crippen molar-refractivity contribution < 1.29 is 29.0 Å². The summed E-state index contributed by atoms with van der Waals surface area (Å²) in [5.74, 6) is 0. The fraction of sp³-hybridized carbons (Fsp3) is 0.385. The van der Waals surface area contributed by atoms with Gasteiger partial charge in [0.1, 0.15) is 11.7 Å². The van der Waals surface area contributed by atoms with E-state index in [2.05, 4.69) is 33.0 Å². The number of ether oxygens (including phenoxy) is 2. The van der Waals surface area contributed by atoms with Crippen molar-refractivity contribution in [2.45, 2.75) is 57.8 Å². The molecule has 1 fully saturated rings. The summed E-state index contributed by atoms with van der Waals surface area (Å²) < 4.78 is 13.4. The summed E-state index contributed by atoms with van der Waals surface area (Å²) in [5, 5.41) is 17.2. The minimum absolute atomic E-state index is 0.393. The molecule has 11 heteroatoms. The van der Waals surface area contributed by atoms with Crippen LogP contribution in [-0.4, -0.2) is 56.3 Å². The van der Waals surface area contributed by atoms with Crippen molar-refractivity contribution >= 4 is 57.5 Å². The molecule has 10 nitrogen and oxygen atoms in total. The topological polar surface area (TPSA) is 123 Å². The van der Waals surface area contributed by atoms with Crippen LogP contribution in [0.2, 0.25) is 0 Å². The Kier molecular flexibility index (Phi) is 7.90. The van der Waals surface area contributed by atoms with E-state index in [0.717, 1.165) is 22.0 Å². The van der Waals surface area contributed by atoms with Gasteiger partial charge in [-0.3, -0.25) is 5.32 Å². The number of hydrogen-bond acceptors (Lipinski definition) is 6. The molecular formula is C26H29IN4O6. The molecule has 1 aliphatic rings. The van der Waals surface area contributed by atoms with Gasteiger partial charge in [-0.05, 0) is 98.5 Å². The van der Waals surface area contributed by atoms with Crippen molar-refractivity contribution in [1.29, 1.82) is 0 Å². The number of nitrogens with zero attached hydrogens (tertiary/aromatic N) is 3. The maximum absolute atomic E-state index is 13.0. The third kappa shape index (κ3) is 6.51. The first-order valence-corrected chi connectivity index (χ1v) is 13.0. The van der Waals surface area contributed by atoms with Crippen molar-refractivity contribution in [3.63, 3.8) is 0 Å². The van der Waals surface area contributed by atoms with Crippen LogP contribution in [-0.2, 0) is 9.47 Å². The average molecular weight is 620 g/mol. The van der Waals surface area contributed by atoms with Gasteiger partial charge in [-0.2, -0.15) is 9.78 Å². The largest absolute Gasteiger partial charge is 0.465 e. The highest BCUT2D eigenvalue weighted by Gasteiger charge is 2.36. The van der Waals surface area contributed by atoms with E-state index in [-0.39, 0.29) is 0 Å². The summed E-state index contributed by atoms with van der Waals surface area (Å²) in [6.45, 7) is 5.72. The van der Waals surface area contributed by atoms with Crippen molar-refractivity contribution in [3.8, 4) is 0 Å². The van der Waals surface area contributed by atoms with Crippen LogP contribution in [0.25, 0.3) is 10.9 Å². The van der Waals surface area contributed by atoms with Gasteiger partial charge in [-0.25, -0.2) is 14.4 Å². The molecule has 0 bridgehead atoms. The van der Waals surface area contributed by atoms with Crippen LogP contribution in [0.5, 0.6) is 0 Å². The Labute approximate surface area is 228 Å². The predicted octanol–water partition coefficient (Wildman–Crippen LogP) is 6.25. The SMILES string of the molecule is CC(C)(C)OC(=O)n1ncc2cc(NC(=O)O[C@@H](c3cccc(I)c3)[C@@H]3CCCCN3C(=O)O)ccc21. The number of benzene rings is 2. The lowest BCUT2D eigenvalue weighted by atomic mass is 9.93. The van der Waals surface area contributed by atoms with Gasteiger partial charge in [-0.15, -0.1) is 0 Å². The minimum Gasteiger partial charge on any atom is -0.465 e. The number of anilines is 1. The van der Waals surface area contributed by atoms with Crippen LogP contribution in [0.15, 0.2) is 48.7 Å². The molecule has 0 spiro atoms. The number of carboxylic acid groups (broad SMARTS) is 1. The molecule has 1 aromatic heterocycles. The van der Waals surface area contributed by atoms with Crippen LogP contribution in [0.1, 0.15) is 51.7 Å². The summed E-state index contributed by atoms with van der Waals surface area (Å²) in [7, 11) is 0. The van der Waals surface area contributed by atoms with Crippen molar-refractivity contribution in [1.82, 2.24) is 14.7 Å². The molecule has 0 unspecified atom stereocenters. The number of amides is 2. The van der Waals surface area contributed by atoms with Crippen molar-refractivity contribution in [2.24, 2.45) is 0 Å². The van der Waals surface area contributed by atoms with E-state index in [1.807, 2.05) is 24.3 Å². The highest BCUT2D eigenvalue weighted by molar-refractivity contribution is 14.1. The number of aromatic nitrogens is 2. The summed E-state index contributed by atoms with van der Waals surface area (Å²) >= 11 is 2.18. The third-order valence-electron chi connectivity index (χ3n) is 5.94. The molecule has 2 N–H and O–H groups in total. The van der Waals surface area contributed by atoms with E-state index in [9.17, 15) is 19.5 Å². The van der Waals surface area contributed by atoms with E-state index < -0.39 is 36.0 Å². The molecule has 0 saturated carbocycles. The lowest BCUT2D eigenvalue weighted by Crippen LogP contribution is -2.47. The second-order valence-electron chi connectivity index (χ2n) is 9.86. The summed E-state index contributed by atoms with van der Waals surface area (Å²) in [5.41, 5.74) is 1.04. The monoisotopic (exact) mass is 620 g/mol. The molecule has 37 heavy (non-hydrogen) atoms. The fourth-order valence-electron chi connectivity index (χ4n) is 4.39. The number of nitrogens with one attached hydrogen (secondary N) is 1. The molecule has 4 rings (SSSR count). The van der Waals surface area contributed by atoms with E-state index in [1.165, 1.54) is 15.8 Å². The summed E-state index contributed by atoms with van der Waals surface area (Å²) in [6, 6.07) is 12.0. The number of likely N-dealkylation sites (tertiary alicyclic amines) is 1. The molecule has 3 aromatic rings. The van der Waals surface area contributed by atoms with E-state index in [1.54, 1.807) is 39.0 Å². The Morgan fingerprint density at radius 1 is 1.16 bits per heavy atom. The summed E-state index contributed by atoms with van der Waals surface area (Å²) in [4.78, 5) is 38.7. The molecule has 1 saturated heterocycles. The molecular weight excluding hydrogens is 591 g/mol. The standard InChI is InChI=1S/C26H29IN4O6/c1-26(2,3)37-25(35)31-20-11-10-19(14-17(20)15-28-31)29-23(32)36-22(16-7-6-8-18(27)13-16)21-9-4-5-12-30(21)24(33)34/h6-8,10-11,13-15,21-22H,4-5,9,12H2,1-3H3,(H,29,32)(H,33,34)/t21-,22-/m0/s1. The van der Waals surface area contributed by atoms with Crippen molar-refractivity contribution in [2.75, 3.05) is 11.9 Å². The quantitative estimate of drug-likeness (QED) is 0.331. The van der Waals surface area contributed by atoms with Gasteiger partial charge in [0.15, 0.2) is 0 Å². The van der Waals surface area contributed by atoms with E-state index >= 15 is 0 Å². The van der Waals surface area contributed by atoms with Gasteiger partial charge in [0.05, 0.1) is 17.8 Å².